The normalized spacial score (nSPS) is 11.5. The van der Waals surface area contributed by atoms with Gasteiger partial charge in [-0.1, -0.05) is 37.1 Å². The molecule has 9 heteroatoms. The number of aryl methyl sites for hydroxylation is 1. The molecule has 176 valence electrons. The third kappa shape index (κ3) is 4.93. The molecule has 0 bridgehead atoms. The smallest absolute Gasteiger partial charge is 0.265 e. The van der Waals surface area contributed by atoms with Crippen LogP contribution in [0.15, 0.2) is 76.4 Å². The Morgan fingerprint density at radius 3 is 2.53 bits per heavy atom. The van der Waals surface area contributed by atoms with Crippen molar-refractivity contribution in [1.82, 2.24) is 9.55 Å². The third-order valence-corrected chi connectivity index (χ3v) is 7.01. The second-order valence-electron chi connectivity index (χ2n) is 7.76. The van der Waals surface area contributed by atoms with E-state index in [1.54, 1.807) is 49.4 Å². The first-order chi connectivity index (χ1) is 16.3. The average Bonchev–Trinajstić information content (AvgIpc) is 2.81. The van der Waals surface area contributed by atoms with E-state index in [0.717, 1.165) is 12.8 Å². The minimum Gasteiger partial charge on any atom is -0.494 e. The zero-order valence-corrected chi connectivity index (χ0v) is 20.4. The molecule has 0 unspecified atom stereocenters. The fourth-order valence-electron chi connectivity index (χ4n) is 3.53. The summed E-state index contributed by atoms with van der Waals surface area (Å²) in [5.74, 6) is 1.07. The fourth-order valence-corrected chi connectivity index (χ4v) is 4.82. The van der Waals surface area contributed by atoms with Crippen molar-refractivity contribution in [2.75, 3.05) is 11.3 Å². The molecule has 0 saturated carbocycles. The molecule has 0 atom stereocenters. The van der Waals surface area contributed by atoms with Crippen LogP contribution in [-0.4, -0.2) is 24.6 Å². The molecule has 4 rings (SSSR count). The molecule has 7 nitrogen and oxygen atoms in total. The van der Waals surface area contributed by atoms with E-state index in [4.69, 9.17) is 16.3 Å². The van der Waals surface area contributed by atoms with Crippen LogP contribution in [0.4, 0.5) is 5.69 Å². The van der Waals surface area contributed by atoms with Gasteiger partial charge < -0.3 is 4.74 Å². The van der Waals surface area contributed by atoms with Crippen LogP contribution in [0.3, 0.4) is 0 Å². The Morgan fingerprint density at radius 1 is 1.06 bits per heavy atom. The summed E-state index contributed by atoms with van der Waals surface area (Å²) in [6, 6.07) is 18.0. The lowest BCUT2D eigenvalue weighted by molar-refractivity contribution is 0.309. The van der Waals surface area contributed by atoms with Gasteiger partial charge in [0.1, 0.15) is 11.6 Å². The number of para-hydroxylation sites is 1. The number of rotatable bonds is 8. The van der Waals surface area contributed by atoms with Gasteiger partial charge in [0.2, 0.25) is 0 Å². The predicted octanol–water partition coefficient (Wildman–Crippen LogP) is 5.33. The molecule has 0 aliphatic heterocycles. The fraction of sp³-hybridized carbons (Fsp3) is 0.200. The number of hydrogen-bond acceptors (Lipinski definition) is 5. The third-order valence-electron chi connectivity index (χ3n) is 5.30. The van der Waals surface area contributed by atoms with E-state index in [9.17, 15) is 13.2 Å². The molecule has 0 aliphatic rings. The summed E-state index contributed by atoms with van der Waals surface area (Å²) in [5.41, 5.74) is 0.945. The second kappa shape index (κ2) is 9.87. The minimum atomic E-state index is -3.92. The lowest BCUT2D eigenvalue weighted by atomic mass is 10.2. The van der Waals surface area contributed by atoms with Crippen molar-refractivity contribution in [1.29, 1.82) is 0 Å². The average molecular weight is 498 g/mol. The van der Waals surface area contributed by atoms with E-state index < -0.39 is 10.0 Å². The zero-order valence-electron chi connectivity index (χ0n) is 18.8. The highest BCUT2D eigenvalue weighted by Gasteiger charge is 2.18. The highest BCUT2D eigenvalue weighted by atomic mass is 35.5. The number of halogens is 1. The first kappa shape index (κ1) is 23.8. The van der Waals surface area contributed by atoms with E-state index in [2.05, 4.69) is 16.6 Å². The summed E-state index contributed by atoms with van der Waals surface area (Å²) in [6.07, 6.45) is 1.93. The first-order valence-electron chi connectivity index (χ1n) is 10.8. The number of fused-ring (bicyclic) bond motifs is 1. The standard InChI is InChI=1S/C25H24ClN3O4S/c1-3-4-15-33-19-10-12-20(13-11-19)34(31,32)28-24-16-18(9-14-22(24)26)29-17(2)27-23-8-6-5-7-21(23)25(29)30/h5-14,16,28H,3-4,15H2,1-2H3. The second-order valence-corrected chi connectivity index (χ2v) is 9.85. The Hall–Kier alpha value is -3.36. The maximum absolute atomic E-state index is 13.1. The Kier molecular flexibility index (Phi) is 6.90. The van der Waals surface area contributed by atoms with Gasteiger partial charge in [0, 0.05) is 0 Å². The quantitative estimate of drug-likeness (QED) is 0.332. The molecular weight excluding hydrogens is 474 g/mol. The lowest BCUT2D eigenvalue weighted by Gasteiger charge is -2.15. The molecule has 1 heterocycles. The van der Waals surface area contributed by atoms with Crippen LogP contribution in [0, 0.1) is 6.92 Å². The van der Waals surface area contributed by atoms with Gasteiger partial charge in [-0.3, -0.25) is 14.1 Å². The van der Waals surface area contributed by atoms with Crippen molar-refractivity contribution in [3.63, 3.8) is 0 Å². The van der Waals surface area contributed by atoms with Crippen LogP contribution in [0.5, 0.6) is 5.75 Å². The zero-order chi connectivity index (χ0) is 24.3. The van der Waals surface area contributed by atoms with E-state index in [0.29, 0.717) is 34.8 Å². The first-order valence-corrected chi connectivity index (χ1v) is 12.7. The van der Waals surface area contributed by atoms with Gasteiger partial charge in [0.25, 0.3) is 15.6 Å². The maximum atomic E-state index is 13.1. The number of benzene rings is 3. The number of sulfonamides is 1. The molecule has 0 spiro atoms. The predicted molar refractivity (Wildman–Crippen MR) is 135 cm³/mol. The number of anilines is 1. The Morgan fingerprint density at radius 2 is 1.79 bits per heavy atom. The van der Waals surface area contributed by atoms with Crippen molar-refractivity contribution in [2.45, 2.75) is 31.6 Å². The highest BCUT2D eigenvalue weighted by Crippen LogP contribution is 2.28. The number of nitrogens with one attached hydrogen (secondary N) is 1. The Labute approximate surface area is 203 Å². The Balaban J connectivity index is 1.66. The van der Waals surface area contributed by atoms with Crippen LogP contribution < -0.4 is 15.0 Å². The number of aromatic nitrogens is 2. The van der Waals surface area contributed by atoms with Gasteiger partial charge in [-0.25, -0.2) is 13.4 Å². The van der Waals surface area contributed by atoms with Crippen molar-refractivity contribution in [3.8, 4) is 11.4 Å². The topological polar surface area (TPSA) is 90.3 Å². The summed E-state index contributed by atoms with van der Waals surface area (Å²) in [5, 5.41) is 0.665. The van der Waals surface area contributed by atoms with E-state index in [1.165, 1.54) is 22.8 Å². The minimum absolute atomic E-state index is 0.0672. The van der Waals surface area contributed by atoms with Gasteiger partial charge in [0.15, 0.2) is 0 Å². The van der Waals surface area contributed by atoms with Crippen LogP contribution in [-0.2, 0) is 10.0 Å². The molecule has 0 radical (unpaired) electrons. The van der Waals surface area contributed by atoms with Gasteiger partial charge in [-0.2, -0.15) is 0 Å². The van der Waals surface area contributed by atoms with Crippen molar-refractivity contribution in [3.05, 3.63) is 87.9 Å². The van der Waals surface area contributed by atoms with Gasteiger partial charge >= 0.3 is 0 Å². The van der Waals surface area contributed by atoms with Crippen LogP contribution in [0.2, 0.25) is 5.02 Å². The van der Waals surface area contributed by atoms with E-state index in [1.807, 2.05) is 6.07 Å². The van der Waals surface area contributed by atoms with Crippen LogP contribution in [0.1, 0.15) is 25.6 Å². The van der Waals surface area contributed by atoms with Crippen molar-refractivity contribution < 1.29 is 13.2 Å². The molecule has 0 fully saturated rings. The van der Waals surface area contributed by atoms with Crippen molar-refractivity contribution in [2.24, 2.45) is 0 Å². The molecule has 0 saturated heterocycles. The molecule has 1 N–H and O–H groups in total. The van der Waals surface area contributed by atoms with E-state index in [-0.39, 0.29) is 21.2 Å². The highest BCUT2D eigenvalue weighted by molar-refractivity contribution is 7.92. The van der Waals surface area contributed by atoms with Gasteiger partial charge in [-0.05, 0) is 67.9 Å². The van der Waals surface area contributed by atoms with Crippen molar-refractivity contribution >= 4 is 38.2 Å². The summed E-state index contributed by atoms with van der Waals surface area (Å²) in [6.45, 7) is 4.36. The Bertz CT molecular complexity index is 1500. The molecule has 4 aromatic rings. The van der Waals surface area contributed by atoms with Crippen LogP contribution in [0.25, 0.3) is 16.6 Å². The number of unbranched alkanes of at least 4 members (excludes halogenated alkanes) is 1. The maximum Gasteiger partial charge on any atom is 0.265 e. The lowest BCUT2D eigenvalue weighted by Crippen LogP contribution is -2.22. The summed E-state index contributed by atoms with van der Waals surface area (Å²) >= 11 is 6.30. The summed E-state index contributed by atoms with van der Waals surface area (Å²) < 4.78 is 35.5. The largest absolute Gasteiger partial charge is 0.494 e. The molecule has 34 heavy (non-hydrogen) atoms. The monoisotopic (exact) mass is 497 g/mol. The number of nitrogens with zero attached hydrogens (tertiary/aromatic N) is 2. The van der Waals surface area contributed by atoms with Gasteiger partial charge in [-0.15, -0.1) is 0 Å². The van der Waals surface area contributed by atoms with Gasteiger partial charge in [0.05, 0.1) is 38.8 Å². The number of hydrogen-bond donors (Lipinski definition) is 1. The number of ether oxygens (including phenoxy) is 1. The molecule has 3 aromatic carbocycles. The summed E-state index contributed by atoms with van der Waals surface area (Å²) in [7, 11) is -3.92. The SMILES string of the molecule is CCCCOc1ccc(S(=O)(=O)Nc2cc(-n3c(C)nc4ccccc4c3=O)ccc2Cl)cc1. The summed E-state index contributed by atoms with van der Waals surface area (Å²) in [4.78, 5) is 17.7. The molecule has 1 aromatic heterocycles. The molecule has 0 aliphatic carbocycles. The molecular formula is C25H24ClN3O4S. The van der Waals surface area contributed by atoms with E-state index >= 15 is 0 Å². The molecule has 0 amide bonds. The van der Waals surface area contributed by atoms with Crippen LogP contribution >= 0.6 is 11.6 Å².